The molecule has 1 aliphatic heterocycles. The third-order valence-electron chi connectivity index (χ3n) is 1.53. The van der Waals surface area contributed by atoms with Crippen molar-refractivity contribution in [1.82, 2.24) is 5.32 Å². The number of rotatable bonds is 4. The predicted octanol–water partition coefficient (Wildman–Crippen LogP) is 1.82. The van der Waals surface area contributed by atoms with Crippen molar-refractivity contribution < 1.29 is 0 Å². The van der Waals surface area contributed by atoms with Gasteiger partial charge in [0.1, 0.15) is 0 Å². The Balaban J connectivity index is 2.12. The lowest BCUT2D eigenvalue weighted by atomic mass is 10.4. The predicted molar refractivity (Wildman–Crippen MR) is 60.4 cm³/mol. The molecular formula is C8H16N2S2. The monoisotopic (exact) mass is 204 g/mol. The van der Waals surface area contributed by atoms with Gasteiger partial charge < -0.3 is 5.32 Å². The third-order valence-corrected chi connectivity index (χ3v) is 3.58. The van der Waals surface area contributed by atoms with E-state index in [0.29, 0.717) is 6.04 Å². The largest absolute Gasteiger partial charge is 0.362 e. The first-order valence-corrected chi connectivity index (χ1v) is 6.48. The Morgan fingerprint density at radius 2 is 2.58 bits per heavy atom. The molecule has 1 atom stereocenters. The highest BCUT2D eigenvalue weighted by molar-refractivity contribution is 8.14. The first kappa shape index (κ1) is 10.3. The fourth-order valence-corrected chi connectivity index (χ4v) is 2.49. The van der Waals surface area contributed by atoms with Gasteiger partial charge in [0.15, 0.2) is 5.17 Å². The highest BCUT2D eigenvalue weighted by Gasteiger charge is 2.09. The maximum atomic E-state index is 4.34. The van der Waals surface area contributed by atoms with Crippen LogP contribution in [0.2, 0.25) is 0 Å². The zero-order valence-electron chi connectivity index (χ0n) is 7.67. The van der Waals surface area contributed by atoms with E-state index in [9.17, 15) is 0 Å². The molecular weight excluding hydrogens is 188 g/mol. The molecule has 1 aliphatic rings. The van der Waals surface area contributed by atoms with E-state index in [0.717, 1.165) is 17.5 Å². The average molecular weight is 204 g/mol. The van der Waals surface area contributed by atoms with Crippen LogP contribution in [0, 0.1) is 0 Å². The highest BCUT2D eigenvalue weighted by atomic mass is 32.2. The van der Waals surface area contributed by atoms with E-state index in [4.69, 9.17) is 0 Å². The Labute approximate surface area is 83.0 Å². The molecule has 1 rings (SSSR count). The summed E-state index contributed by atoms with van der Waals surface area (Å²) < 4.78 is 0. The summed E-state index contributed by atoms with van der Waals surface area (Å²) in [5.41, 5.74) is 0. The van der Waals surface area contributed by atoms with Crippen LogP contribution in [0.4, 0.5) is 0 Å². The summed E-state index contributed by atoms with van der Waals surface area (Å²) in [7, 11) is 0. The van der Waals surface area contributed by atoms with Crippen LogP contribution in [0.1, 0.15) is 13.8 Å². The van der Waals surface area contributed by atoms with Gasteiger partial charge in [-0.05, 0) is 12.7 Å². The highest BCUT2D eigenvalue weighted by Crippen LogP contribution is 2.10. The van der Waals surface area contributed by atoms with Gasteiger partial charge in [0.2, 0.25) is 0 Å². The third kappa shape index (κ3) is 3.72. The number of amidine groups is 1. The van der Waals surface area contributed by atoms with Gasteiger partial charge in [-0.3, -0.25) is 4.99 Å². The molecule has 70 valence electrons. The number of aliphatic imine (C=N–C) groups is 1. The minimum absolute atomic E-state index is 0.555. The quantitative estimate of drug-likeness (QED) is 0.756. The first-order chi connectivity index (χ1) is 5.83. The van der Waals surface area contributed by atoms with Crippen molar-refractivity contribution in [2.75, 3.05) is 23.8 Å². The van der Waals surface area contributed by atoms with E-state index >= 15 is 0 Å². The van der Waals surface area contributed by atoms with Crippen molar-refractivity contribution in [3.8, 4) is 0 Å². The second-order valence-corrected chi connectivity index (χ2v) is 5.14. The maximum Gasteiger partial charge on any atom is 0.156 e. The van der Waals surface area contributed by atoms with Crippen LogP contribution >= 0.6 is 23.5 Å². The summed E-state index contributed by atoms with van der Waals surface area (Å²) in [4.78, 5) is 4.34. The lowest BCUT2D eigenvalue weighted by Gasteiger charge is -2.12. The average Bonchev–Trinajstić information content (AvgIpc) is 2.53. The van der Waals surface area contributed by atoms with E-state index < -0.39 is 0 Å². The molecule has 0 aromatic rings. The van der Waals surface area contributed by atoms with E-state index in [1.165, 1.54) is 11.5 Å². The Bertz CT molecular complexity index is 159. The molecule has 2 nitrogen and oxygen atoms in total. The van der Waals surface area contributed by atoms with Crippen LogP contribution in [0.5, 0.6) is 0 Å². The van der Waals surface area contributed by atoms with Gasteiger partial charge in [-0.1, -0.05) is 18.7 Å². The van der Waals surface area contributed by atoms with Gasteiger partial charge in [0.05, 0.1) is 6.54 Å². The van der Waals surface area contributed by atoms with E-state index in [1.54, 1.807) is 0 Å². The lowest BCUT2D eigenvalue weighted by Crippen LogP contribution is -2.31. The molecule has 0 radical (unpaired) electrons. The van der Waals surface area contributed by atoms with E-state index in [1.807, 2.05) is 23.5 Å². The number of nitrogens with zero attached hydrogens (tertiary/aromatic N) is 1. The van der Waals surface area contributed by atoms with Gasteiger partial charge in [-0.2, -0.15) is 11.8 Å². The number of thioether (sulfide) groups is 2. The number of hydrogen-bond acceptors (Lipinski definition) is 4. The standard InChI is InChI=1S/C8H16N2S2/c1-3-11-6-7(2)10-8-9-4-5-12-8/h7H,3-6H2,1-2H3,(H,9,10). The van der Waals surface area contributed by atoms with Gasteiger partial charge in [0.25, 0.3) is 0 Å². The molecule has 1 N–H and O–H groups in total. The second-order valence-electron chi connectivity index (χ2n) is 2.74. The van der Waals surface area contributed by atoms with Crippen LogP contribution in [0.3, 0.4) is 0 Å². The summed E-state index contributed by atoms with van der Waals surface area (Å²) in [5.74, 6) is 3.53. The Morgan fingerprint density at radius 3 is 3.17 bits per heavy atom. The second kappa shape index (κ2) is 5.75. The molecule has 0 saturated heterocycles. The first-order valence-electron chi connectivity index (χ1n) is 4.34. The molecule has 0 fully saturated rings. The van der Waals surface area contributed by atoms with E-state index in [-0.39, 0.29) is 0 Å². The summed E-state index contributed by atoms with van der Waals surface area (Å²) in [6, 6.07) is 0.555. The van der Waals surface area contributed by atoms with Gasteiger partial charge in [0, 0.05) is 17.5 Å². The van der Waals surface area contributed by atoms with Crippen molar-refractivity contribution in [2.45, 2.75) is 19.9 Å². The van der Waals surface area contributed by atoms with Crippen LogP contribution < -0.4 is 5.32 Å². The van der Waals surface area contributed by atoms with E-state index in [2.05, 4.69) is 24.2 Å². The number of hydrogen-bond donors (Lipinski definition) is 1. The summed E-state index contributed by atoms with van der Waals surface area (Å²) in [5, 5.41) is 4.54. The zero-order valence-corrected chi connectivity index (χ0v) is 9.30. The van der Waals surface area contributed by atoms with Crippen molar-refractivity contribution in [3.63, 3.8) is 0 Å². The van der Waals surface area contributed by atoms with Crippen LogP contribution in [-0.2, 0) is 0 Å². The van der Waals surface area contributed by atoms with Crippen LogP contribution in [0.15, 0.2) is 4.99 Å². The smallest absolute Gasteiger partial charge is 0.156 e. The summed E-state index contributed by atoms with van der Waals surface area (Å²) in [6.07, 6.45) is 0. The molecule has 0 aromatic carbocycles. The minimum atomic E-state index is 0.555. The van der Waals surface area contributed by atoms with Gasteiger partial charge in [-0.25, -0.2) is 0 Å². The van der Waals surface area contributed by atoms with Crippen LogP contribution in [0.25, 0.3) is 0 Å². The SMILES string of the molecule is CCSCC(C)NC1=NCCS1. The van der Waals surface area contributed by atoms with Crippen molar-refractivity contribution in [2.24, 2.45) is 4.99 Å². The lowest BCUT2D eigenvalue weighted by molar-refractivity contribution is 0.750. The minimum Gasteiger partial charge on any atom is -0.362 e. The normalized spacial score (nSPS) is 19.0. The molecule has 0 bridgehead atoms. The Hall–Kier alpha value is 0.170. The topological polar surface area (TPSA) is 24.4 Å². The van der Waals surface area contributed by atoms with Crippen molar-refractivity contribution in [1.29, 1.82) is 0 Å². The van der Waals surface area contributed by atoms with Gasteiger partial charge >= 0.3 is 0 Å². The molecule has 0 saturated carbocycles. The molecule has 0 amide bonds. The molecule has 12 heavy (non-hydrogen) atoms. The zero-order chi connectivity index (χ0) is 8.81. The summed E-state index contributed by atoms with van der Waals surface area (Å²) >= 11 is 3.81. The van der Waals surface area contributed by atoms with Gasteiger partial charge in [-0.15, -0.1) is 0 Å². The van der Waals surface area contributed by atoms with Crippen molar-refractivity contribution >= 4 is 28.7 Å². The molecule has 0 aliphatic carbocycles. The fourth-order valence-electron chi connectivity index (χ4n) is 0.970. The molecule has 1 heterocycles. The van der Waals surface area contributed by atoms with Crippen molar-refractivity contribution in [3.05, 3.63) is 0 Å². The number of nitrogens with one attached hydrogen (secondary N) is 1. The molecule has 0 aromatic heterocycles. The fraction of sp³-hybridized carbons (Fsp3) is 0.875. The molecule has 0 spiro atoms. The summed E-state index contributed by atoms with van der Waals surface area (Å²) in [6.45, 7) is 5.39. The van der Waals surface area contributed by atoms with Crippen LogP contribution in [-0.4, -0.2) is 35.0 Å². The molecule has 1 unspecified atom stereocenters. The Morgan fingerprint density at radius 1 is 1.75 bits per heavy atom. The maximum absolute atomic E-state index is 4.34. The molecule has 4 heteroatoms. The Kier molecular flexibility index (Phi) is 4.92.